The summed E-state index contributed by atoms with van der Waals surface area (Å²) in [5.74, 6) is 0. The van der Waals surface area contributed by atoms with Crippen molar-refractivity contribution in [3.8, 4) is 6.07 Å². The summed E-state index contributed by atoms with van der Waals surface area (Å²) < 4.78 is 0. The van der Waals surface area contributed by atoms with Crippen LogP contribution >= 0.6 is 0 Å². The summed E-state index contributed by atoms with van der Waals surface area (Å²) in [5.41, 5.74) is 1.08. The minimum atomic E-state index is -0.537. The maximum absolute atomic E-state index is 10.8. The van der Waals surface area contributed by atoms with Crippen LogP contribution in [0.5, 0.6) is 0 Å². The lowest BCUT2D eigenvalue weighted by atomic mass is 10.0. The highest BCUT2D eigenvalue weighted by molar-refractivity contribution is 5.90. The molecule has 0 spiro atoms. The summed E-state index contributed by atoms with van der Waals surface area (Å²) in [6.45, 7) is 0. The second-order valence-electron chi connectivity index (χ2n) is 4.33. The predicted octanol–water partition coefficient (Wildman–Crippen LogP) is 3.57. The molecule has 0 heterocycles. The van der Waals surface area contributed by atoms with E-state index in [0.29, 0.717) is 11.1 Å². The quantitative estimate of drug-likeness (QED) is 0.370. The summed E-state index contributed by atoms with van der Waals surface area (Å²) in [4.78, 5) is 20.3. The van der Waals surface area contributed by atoms with E-state index in [-0.39, 0.29) is 16.9 Å². The molecule has 2 aromatic carbocycles. The molecule has 0 aliphatic carbocycles. The number of nitro benzene ring substituents is 2. The van der Waals surface area contributed by atoms with Crippen molar-refractivity contribution >= 4 is 23.0 Å². The largest absolute Gasteiger partial charge is 0.270 e. The Morgan fingerprint density at radius 3 is 2.18 bits per heavy atom. The average Bonchev–Trinajstić information content (AvgIpc) is 2.53. The first kappa shape index (κ1) is 14.9. The number of nitriles is 1. The van der Waals surface area contributed by atoms with Gasteiger partial charge in [0.25, 0.3) is 11.4 Å². The highest BCUT2D eigenvalue weighted by Crippen LogP contribution is 2.22. The van der Waals surface area contributed by atoms with Gasteiger partial charge in [-0.1, -0.05) is 12.1 Å². The van der Waals surface area contributed by atoms with Gasteiger partial charge in [-0.15, -0.1) is 0 Å². The lowest BCUT2D eigenvalue weighted by Gasteiger charge is -2.00. The second kappa shape index (κ2) is 6.28. The maximum atomic E-state index is 10.8. The molecule has 0 amide bonds. The Balaban J connectivity index is 2.39. The van der Waals surface area contributed by atoms with Crippen molar-refractivity contribution in [2.45, 2.75) is 0 Å². The van der Waals surface area contributed by atoms with Crippen molar-refractivity contribution in [2.24, 2.45) is 0 Å². The van der Waals surface area contributed by atoms with Gasteiger partial charge in [-0.2, -0.15) is 5.26 Å². The van der Waals surface area contributed by atoms with Gasteiger partial charge >= 0.3 is 0 Å². The Kier molecular flexibility index (Phi) is 4.24. The highest BCUT2D eigenvalue weighted by Gasteiger charge is 2.09. The van der Waals surface area contributed by atoms with Gasteiger partial charge in [0.05, 0.1) is 21.5 Å². The third-order valence-electron chi connectivity index (χ3n) is 2.90. The molecule has 108 valence electrons. The number of rotatable bonds is 4. The van der Waals surface area contributed by atoms with E-state index >= 15 is 0 Å². The number of benzene rings is 2. The van der Waals surface area contributed by atoms with Gasteiger partial charge in [0, 0.05) is 24.3 Å². The zero-order valence-electron chi connectivity index (χ0n) is 11.2. The lowest BCUT2D eigenvalue weighted by molar-refractivity contribution is -0.385. The van der Waals surface area contributed by atoms with Crippen LogP contribution in [-0.2, 0) is 0 Å². The molecule has 7 nitrogen and oxygen atoms in total. The van der Waals surface area contributed by atoms with Crippen LogP contribution in [0, 0.1) is 31.6 Å². The van der Waals surface area contributed by atoms with Gasteiger partial charge in [-0.05, 0) is 29.3 Å². The van der Waals surface area contributed by atoms with E-state index in [1.54, 1.807) is 6.07 Å². The van der Waals surface area contributed by atoms with Crippen LogP contribution in [0.15, 0.2) is 48.5 Å². The van der Waals surface area contributed by atoms with Crippen molar-refractivity contribution in [1.82, 2.24) is 0 Å². The Morgan fingerprint density at radius 1 is 1.00 bits per heavy atom. The van der Waals surface area contributed by atoms with Crippen LogP contribution in [0.25, 0.3) is 11.6 Å². The Bertz CT molecular complexity index is 804. The summed E-state index contributed by atoms with van der Waals surface area (Å²) in [5, 5.41) is 30.6. The van der Waals surface area contributed by atoms with Gasteiger partial charge in [-0.25, -0.2) is 0 Å². The molecule has 22 heavy (non-hydrogen) atoms. The third kappa shape index (κ3) is 3.32. The van der Waals surface area contributed by atoms with Gasteiger partial charge in [0.2, 0.25) is 0 Å². The van der Waals surface area contributed by atoms with Gasteiger partial charge in [0.15, 0.2) is 0 Å². The Hall–Kier alpha value is -3.53. The minimum Gasteiger partial charge on any atom is -0.258 e. The molecule has 0 aliphatic heterocycles. The molecule has 0 aliphatic rings. The van der Waals surface area contributed by atoms with Gasteiger partial charge in [0.1, 0.15) is 0 Å². The first-order valence-corrected chi connectivity index (χ1v) is 6.12. The summed E-state index contributed by atoms with van der Waals surface area (Å²) >= 11 is 0. The molecule has 0 N–H and O–H groups in total. The monoisotopic (exact) mass is 295 g/mol. The fourth-order valence-electron chi connectivity index (χ4n) is 1.83. The van der Waals surface area contributed by atoms with Crippen molar-refractivity contribution in [2.75, 3.05) is 0 Å². The van der Waals surface area contributed by atoms with E-state index in [4.69, 9.17) is 0 Å². The highest BCUT2D eigenvalue weighted by atomic mass is 16.6. The zero-order valence-corrected chi connectivity index (χ0v) is 11.2. The number of hydrogen-bond acceptors (Lipinski definition) is 5. The SMILES string of the molecule is N#CC(=Cc1ccc([N+](=O)[O-])cc1)c1cccc([N+](=O)[O-])c1. The second-order valence-corrected chi connectivity index (χ2v) is 4.33. The van der Waals surface area contributed by atoms with Gasteiger partial charge in [-0.3, -0.25) is 20.2 Å². The van der Waals surface area contributed by atoms with Crippen LogP contribution in [0.3, 0.4) is 0 Å². The number of nitro groups is 2. The van der Waals surface area contributed by atoms with Crippen LogP contribution in [-0.4, -0.2) is 9.85 Å². The number of non-ortho nitro benzene ring substituents is 2. The zero-order chi connectivity index (χ0) is 16.1. The van der Waals surface area contributed by atoms with E-state index in [9.17, 15) is 25.5 Å². The fraction of sp³-hybridized carbons (Fsp3) is 0. The van der Waals surface area contributed by atoms with Gasteiger partial charge < -0.3 is 0 Å². The predicted molar refractivity (Wildman–Crippen MR) is 79.7 cm³/mol. The van der Waals surface area contributed by atoms with E-state index in [0.717, 1.165) is 0 Å². The first-order chi connectivity index (χ1) is 10.5. The third-order valence-corrected chi connectivity index (χ3v) is 2.90. The van der Waals surface area contributed by atoms with E-state index in [1.807, 2.05) is 6.07 Å². The molecule has 0 unspecified atom stereocenters. The molecule has 7 heteroatoms. The molecule has 0 fully saturated rings. The van der Waals surface area contributed by atoms with Crippen molar-refractivity contribution in [1.29, 1.82) is 5.26 Å². The lowest BCUT2D eigenvalue weighted by Crippen LogP contribution is -1.90. The molecule has 2 rings (SSSR count). The number of allylic oxidation sites excluding steroid dienone is 1. The molecule has 0 saturated heterocycles. The van der Waals surface area contributed by atoms with Crippen LogP contribution < -0.4 is 0 Å². The smallest absolute Gasteiger partial charge is 0.258 e. The topological polar surface area (TPSA) is 110 Å². The van der Waals surface area contributed by atoms with Crippen LogP contribution in [0.1, 0.15) is 11.1 Å². The Morgan fingerprint density at radius 2 is 1.64 bits per heavy atom. The molecule has 0 bridgehead atoms. The van der Waals surface area contributed by atoms with E-state index < -0.39 is 9.85 Å². The molecular weight excluding hydrogens is 286 g/mol. The van der Waals surface area contributed by atoms with Crippen molar-refractivity contribution in [3.63, 3.8) is 0 Å². The standard InChI is InChI=1S/C15H9N3O4/c16-10-13(12-2-1-3-15(9-12)18(21)22)8-11-4-6-14(7-5-11)17(19)20/h1-9H. The summed E-state index contributed by atoms with van der Waals surface area (Å²) in [7, 11) is 0. The molecule has 0 radical (unpaired) electrons. The minimum absolute atomic E-state index is 0.0500. The maximum Gasteiger partial charge on any atom is 0.270 e. The van der Waals surface area contributed by atoms with Crippen LogP contribution in [0.2, 0.25) is 0 Å². The average molecular weight is 295 g/mol. The van der Waals surface area contributed by atoms with Crippen molar-refractivity contribution in [3.05, 3.63) is 79.9 Å². The molecule has 0 saturated carbocycles. The summed E-state index contributed by atoms with van der Waals surface area (Å²) in [6, 6.07) is 13.4. The number of nitrogens with zero attached hydrogens (tertiary/aromatic N) is 3. The number of hydrogen-bond donors (Lipinski definition) is 0. The normalized spacial score (nSPS) is 10.8. The fourth-order valence-corrected chi connectivity index (χ4v) is 1.83. The van der Waals surface area contributed by atoms with E-state index in [1.165, 1.54) is 48.5 Å². The molecular formula is C15H9N3O4. The Labute approximate surface area is 125 Å². The van der Waals surface area contributed by atoms with Crippen molar-refractivity contribution < 1.29 is 9.85 Å². The summed E-state index contributed by atoms with van der Waals surface area (Å²) in [6.07, 6.45) is 1.52. The van der Waals surface area contributed by atoms with Crippen LogP contribution in [0.4, 0.5) is 11.4 Å². The van der Waals surface area contributed by atoms with E-state index in [2.05, 4.69) is 0 Å². The molecule has 0 atom stereocenters. The molecule has 0 aromatic heterocycles. The molecule has 2 aromatic rings. The first-order valence-electron chi connectivity index (χ1n) is 6.12.